The summed E-state index contributed by atoms with van der Waals surface area (Å²) in [7, 11) is 0. The number of hydrogen-bond donors (Lipinski definition) is 1. The normalized spacial score (nSPS) is 17.6. The second-order valence-corrected chi connectivity index (χ2v) is 9.60. The zero-order valence-corrected chi connectivity index (χ0v) is 20.4. The Hall–Kier alpha value is -3.51. The maximum Gasteiger partial charge on any atom is 0.247 e. The molecule has 0 unspecified atom stereocenters. The van der Waals surface area contributed by atoms with Crippen LogP contribution < -0.4 is 19.7 Å². The summed E-state index contributed by atoms with van der Waals surface area (Å²) in [6, 6.07) is 26.2. The molecule has 1 N–H and O–H groups in total. The van der Waals surface area contributed by atoms with Gasteiger partial charge in [0.2, 0.25) is 5.91 Å². The molecule has 0 bridgehead atoms. The number of benzene rings is 3. The highest BCUT2D eigenvalue weighted by Gasteiger charge is 2.50. The molecule has 2 saturated heterocycles. The summed E-state index contributed by atoms with van der Waals surface area (Å²) in [5.41, 5.74) is 1.84. The quantitative estimate of drug-likeness (QED) is 0.514. The highest BCUT2D eigenvalue weighted by atomic mass is 16.5. The van der Waals surface area contributed by atoms with Crippen LogP contribution in [-0.2, 0) is 11.3 Å². The van der Waals surface area contributed by atoms with Crippen LogP contribution in [0.2, 0.25) is 0 Å². The van der Waals surface area contributed by atoms with Crippen LogP contribution in [0, 0.1) is 0 Å². The van der Waals surface area contributed by atoms with Crippen molar-refractivity contribution in [2.75, 3.05) is 24.7 Å². The zero-order valence-electron chi connectivity index (χ0n) is 20.4. The third kappa shape index (κ3) is 4.98. The van der Waals surface area contributed by atoms with E-state index in [1.807, 2.05) is 68.4 Å². The van der Waals surface area contributed by atoms with Gasteiger partial charge in [-0.25, -0.2) is 0 Å². The number of piperidine rings is 1. The molecular formula is C29H33N3O3. The van der Waals surface area contributed by atoms with Gasteiger partial charge in [0.1, 0.15) is 11.3 Å². The van der Waals surface area contributed by atoms with E-state index in [2.05, 4.69) is 39.4 Å². The Kier molecular flexibility index (Phi) is 6.64. The molecule has 2 aliphatic heterocycles. The number of nitrogens with one attached hydrogen (secondary N) is 1. The van der Waals surface area contributed by atoms with E-state index >= 15 is 0 Å². The lowest BCUT2D eigenvalue weighted by molar-refractivity contribution is -0.125. The number of amides is 1. The molecule has 3 aromatic carbocycles. The number of carbonyl (C=O) groups excluding carboxylic acids is 1. The number of carbonyl (C=O) groups is 1. The van der Waals surface area contributed by atoms with E-state index in [1.54, 1.807) is 0 Å². The van der Waals surface area contributed by atoms with E-state index in [4.69, 9.17) is 9.47 Å². The van der Waals surface area contributed by atoms with Crippen molar-refractivity contribution in [3.05, 3.63) is 84.4 Å². The fraction of sp³-hybridized carbons (Fsp3) is 0.345. The largest absolute Gasteiger partial charge is 0.487 e. The molecular weight excluding hydrogens is 438 g/mol. The van der Waals surface area contributed by atoms with E-state index < -0.39 is 5.54 Å². The summed E-state index contributed by atoms with van der Waals surface area (Å²) in [5, 5.41) is 3.08. The SMILES string of the molecule is CC(C)Oc1ccccc1Oc1cccc(CN2CCC3(CC2)C(=O)NCN3c2ccccc2)c1. The Labute approximate surface area is 207 Å². The molecule has 0 aromatic heterocycles. The molecule has 2 heterocycles. The summed E-state index contributed by atoms with van der Waals surface area (Å²) in [6.07, 6.45) is 1.70. The highest BCUT2D eigenvalue weighted by molar-refractivity contribution is 5.93. The minimum Gasteiger partial charge on any atom is -0.487 e. The summed E-state index contributed by atoms with van der Waals surface area (Å²) in [6.45, 7) is 7.15. The van der Waals surface area contributed by atoms with Gasteiger partial charge in [-0.15, -0.1) is 0 Å². The number of likely N-dealkylation sites (tertiary alicyclic amines) is 1. The van der Waals surface area contributed by atoms with E-state index in [0.717, 1.165) is 49.7 Å². The molecule has 6 heteroatoms. The molecule has 2 aliphatic rings. The van der Waals surface area contributed by atoms with Gasteiger partial charge in [-0.1, -0.05) is 42.5 Å². The molecule has 1 amide bonds. The lowest BCUT2D eigenvalue weighted by atomic mass is 9.85. The third-order valence-corrected chi connectivity index (χ3v) is 6.83. The highest BCUT2D eigenvalue weighted by Crippen LogP contribution is 2.37. The number of hydrogen-bond acceptors (Lipinski definition) is 5. The van der Waals surface area contributed by atoms with Gasteiger partial charge in [-0.2, -0.15) is 0 Å². The lowest BCUT2D eigenvalue weighted by Crippen LogP contribution is -2.56. The van der Waals surface area contributed by atoms with E-state index in [-0.39, 0.29) is 12.0 Å². The molecule has 2 fully saturated rings. The van der Waals surface area contributed by atoms with Crippen molar-refractivity contribution in [1.82, 2.24) is 10.2 Å². The van der Waals surface area contributed by atoms with Crippen molar-refractivity contribution in [1.29, 1.82) is 0 Å². The standard InChI is InChI=1S/C29H33N3O3/c1-22(2)34-26-13-6-7-14-27(26)35-25-12-8-9-23(19-25)20-31-17-15-29(16-18-31)28(33)30-21-32(29)24-10-4-3-5-11-24/h3-14,19,22H,15-18,20-21H2,1-2H3,(H,30,33). The Bertz CT molecular complexity index is 1160. The smallest absolute Gasteiger partial charge is 0.247 e. The van der Waals surface area contributed by atoms with Gasteiger partial charge in [0.25, 0.3) is 0 Å². The van der Waals surface area contributed by atoms with Gasteiger partial charge in [0.05, 0.1) is 12.8 Å². The van der Waals surface area contributed by atoms with Crippen LogP contribution in [0.5, 0.6) is 17.2 Å². The number of ether oxygens (including phenoxy) is 2. The number of anilines is 1. The average molecular weight is 472 g/mol. The van der Waals surface area contributed by atoms with Crippen LogP contribution in [0.1, 0.15) is 32.3 Å². The van der Waals surface area contributed by atoms with Crippen LogP contribution >= 0.6 is 0 Å². The Morgan fingerprint density at radius 1 is 0.914 bits per heavy atom. The second kappa shape index (κ2) is 10.0. The average Bonchev–Trinajstić information content (AvgIpc) is 3.18. The van der Waals surface area contributed by atoms with Gasteiger partial charge >= 0.3 is 0 Å². The molecule has 0 radical (unpaired) electrons. The minimum atomic E-state index is -0.455. The van der Waals surface area contributed by atoms with Gasteiger partial charge in [0.15, 0.2) is 11.5 Å². The monoisotopic (exact) mass is 471 g/mol. The molecule has 0 atom stereocenters. The molecule has 0 saturated carbocycles. The topological polar surface area (TPSA) is 54.0 Å². The molecule has 6 nitrogen and oxygen atoms in total. The van der Waals surface area contributed by atoms with E-state index in [0.29, 0.717) is 12.4 Å². The number of para-hydroxylation sites is 3. The second-order valence-electron chi connectivity index (χ2n) is 9.60. The fourth-order valence-corrected chi connectivity index (χ4v) is 5.09. The maximum atomic E-state index is 12.9. The van der Waals surface area contributed by atoms with E-state index in [9.17, 15) is 4.79 Å². The van der Waals surface area contributed by atoms with Crippen LogP contribution in [0.4, 0.5) is 5.69 Å². The summed E-state index contributed by atoms with van der Waals surface area (Å²) < 4.78 is 12.1. The van der Waals surface area contributed by atoms with Gasteiger partial charge in [0, 0.05) is 25.3 Å². The zero-order chi connectivity index (χ0) is 24.3. The first kappa shape index (κ1) is 23.2. The molecule has 1 spiro atoms. The van der Waals surface area contributed by atoms with Crippen LogP contribution in [-0.4, -0.2) is 42.2 Å². The first-order valence-corrected chi connectivity index (χ1v) is 12.4. The molecule has 0 aliphatic carbocycles. The fourth-order valence-electron chi connectivity index (χ4n) is 5.09. The van der Waals surface area contributed by atoms with Crippen molar-refractivity contribution >= 4 is 11.6 Å². The predicted molar refractivity (Wildman–Crippen MR) is 138 cm³/mol. The first-order valence-electron chi connectivity index (χ1n) is 12.4. The Morgan fingerprint density at radius 2 is 1.63 bits per heavy atom. The van der Waals surface area contributed by atoms with Crippen molar-refractivity contribution in [3.63, 3.8) is 0 Å². The van der Waals surface area contributed by atoms with Crippen molar-refractivity contribution in [2.24, 2.45) is 0 Å². The van der Waals surface area contributed by atoms with Gasteiger partial charge in [-0.05, 0) is 68.7 Å². The molecule has 35 heavy (non-hydrogen) atoms. The third-order valence-electron chi connectivity index (χ3n) is 6.83. The summed E-state index contributed by atoms with van der Waals surface area (Å²) >= 11 is 0. The number of nitrogens with zero attached hydrogens (tertiary/aromatic N) is 2. The lowest BCUT2D eigenvalue weighted by Gasteiger charge is -2.43. The minimum absolute atomic E-state index is 0.0771. The summed E-state index contributed by atoms with van der Waals surface area (Å²) in [5.74, 6) is 2.40. The Morgan fingerprint density at radius 3 is 2.37 bits per heavy atom. The number of rotatable bonds is 7. The molecule has 5 rings (SSSR count). The van der Waals surface area contributed by atoms with Gasteiger partial charge in [-0.3, -0.25) is 9.69 Å². The van der Waals surface area contributed by atoms with Crippen LogP contribution in [0.25, 0.3) is 0 Å². The summed E-state index contributed by atoms with van der Waals surface area (Å²) in [4.78, 5) is 17.6. The van der Waals surface area contributed by atoms with Crippen LogP contribution in [0.15, 0.2) is 78.9 Å². The Balaban J connectivity index is 1.24. The predicted octanol–water partition coefficient (Wildman–Crippen LogP) is 5.19. The van der Waals surface area contributed by atoms with Gasteiger partial charge < -0.3 is 19.7 Å². The van der Waals surface area contributed by atoms with Crippen molar-refractivity contribution in [2.45, 2.75) is 44.9 Å². The maximum absolute atomic E-state index is 12.9. The van der Waals surface area contributed by atoms with Crippen molar-refractivity contribution in [3.8, 4) is 17.2 Å². The molecule has 182 valence electrons. The van der Waals surface area contributed by atoms with E-state index in [1.165, 1.54) is 5.56 Å². The van der Waals surface area contributed by atoms with Crippen LogP contribution in [0.3, 0.4) is 0 Å². The molecule has 3 aromatic rings. The first-order chi connectivity index (χ1) is 17.0. The van der Waals surface area contributed by atoms with Crippen molar-refractivity contribution < 1.29 is 14.3 Å².